The Morgan fingerprint density at radius 3 is 2.89 bits per heavy atom. The minimum absolute atomic E-state index is 0.0466. The summed E-state index contributed by atoms with van der Waals surface area (Å²) in [7, 11) is 1.72. The van der Waals surface area contributed by atoms with E-state index in [-0.39, 0.29) is 23.8 Å². The monoisotopic (exact) mass is 260 g/mol. The lowest BCUT2D eigenvalue weighted by molar-refractivity contribution is -0.155. The predicted molar refractivity (Wildman–Crippen MR) is 66.9 cm³/mol. The van der Waals surface area contributed by atoms with Crippen LogP contribution >= 0.6 is 0 Å². The summed E-state index contributed by atoms with van der Waals surface area (Å²) in [5.41, 5.74) is -1.79. The topological polar surface area (TPSA) is 69.6 Å². The molecule has 5 atom stereocenters. The first-order chi connectivity index (χ1) is 9.02. The molecule has 0 radical (unpaired) electrons. The molecule has 0 aromatic carbocycles. The smallest absolute Gasteiger partial charge is 0.238 e. The van der Waals surface area contributed by atoms with Crippen molar-refractivity contribution >= 4 is 11.8 Å². The number of carbonyl (C=O) groups is 2. The zero-order chi connectivity index (χ0) is 13.4. The van der Waals surface area contributed by atoms with E-state index in [9.17, 15) is 14.7 Å². The van der Waals surface area contributed by atoms with E-state index in [1.165, 1.54) is 0 Å². The Kier molecular flexibility index (Phi) is 1.83. The van der Waals surface area contributed by atoms with Crippen LogP contribution in [0, 0.1) is 11.3 Å². The Morgan fingerprint density at radius 2 is 2.16 bits per heavy atom. The fourth-order valence-electron chi connectivity index (χ4n) is 4.28. The molecule has 7 rings (SSSR count). The molecule has 0 aromatic heterocycles. The Labute approximate surface area is 111 Å². The standard InChI is InChI=1S/C14H16N2O3/c1-16-9-3-7-14(12(16)19)10(17)4-6-13(14)5-2-8(9)11(18)15-13/h2-3,5,7-10,17H,4,6H2,1H3,(H,15,18)/t8-,9-,10-,13-,14+/m1/s1. The highest BCUT2D eigenvalue weighted by atomic mass is 16.3. The fraction of sp³-hybridized carbons (Fsp3) is 0.571. The van der Waals surface area contributed by atoms with Gasteiger partial charge in [0, 0.05) is 7.05 Å². The first kappa shape index (κ1) is 11.2. The lowest BCUT2D eigenvalue weighted by atomic mass is 9.62. The first-order valence-electron chi connectivity index (χ1n) is 6.68. The van der Waals surface area contributed by atoms with Gasteiger partial charge in [-0.2, -0.15) is 0 Å². The molecule has 2 amide bonds. The SMILES string of the molecule is CN1C(=O)[C@@]23C=C[C@@H]1[C@H]1C=C[C@]2(CC[C@H]3O)NC1=O. The molecule has 2 fully saturated rings. The van der Waals surface area contributed by atoms with Crippen LogP contribution in [0.15, 0.2) is 24.3 Å². The summed E-state index contributed by atoms with van der Waals surface area (Å²) in [5, 5.41) is 13.4. The van der Waals surface area contributed by atoms with E-state index in [0.29, 0.717) is 12.8 Å². The lowest BCUT2D eigenvalue weighted by Crippen LogP contribution is -2.72. The zero-order valence-corrected chi connectivity index (χ0v) is 10.7. The van der Waals surface area contributed by atoms with E-state index in [2.05, 4.69) is 5.32 Å². The van der Waals surface area contributed by atoms with Gasteiger partial charge in [-0.25, -0.2) is 0 Å². The third kappa shape index (κ3) is 0.994. The summed E-state index contributed by atoms with van der Waals surface area (Å²) >= 11 is 0. The van der Waals surface area contributed by atoms with Gasteiger partial charge >= 0.3 is 0 Å². The van der Waals surface area contributed by atoms with Crippen LogP contribution in [0.5, 0.6) is 0 Å². The maximum Gasteiger partial charge on any atom is 0.238 e. The number of rotatable bonds is 0. The Balaban J connectivity index is 2.05. The lowest BCUT2D eigenvalue weighted by Gasteiger charge is -2.54. The largest absolute Gasteiger partial charge is 0.392 e. The van der Waals surface area contributed by atoms with Crippen LogP contribution in [-0.4, -0.2) is 46.6 Å². The van der Waals surface area contributed by atoms with Crippen molar-refractivity contribution in [2.75, 3.05) is 7.05 Å². The number of aliphatic hydroxyl groups excluding tert-OH is 1. The average molecular weight is 260 g/mol. The zero-order valence-electron chi connectivity index (χ0n) is 10.7. The number of hydrogen-bond acceptors (Lipinski definition) is 3. The minimum Gasteiger partial charge on any atom is -0.392 e. The van der Waals surface area contributed by atoms with Crippen LogP contribution < -0.4 is 5.32 Å². The van der Waals surface area contributed by atoms with Gasteiger partial charge in [-0.3, -0.25) is 9.59 Å². The van der Waals surface area contributed by atoms with Gasteiger partial charge in [0.05, 0.1) is 23.6 Å². The van der Waals surface area contributed by atoms with E-state index in [1.807, 2.05) is 24.3 Å². The third-order valence-corrected chi connectivity index (χ3v) is 5.36. The van der Waals surface area contributed by atoms with Gasteiger partial charge in [0.25, 0.3) is 0 Å². The normalized spacial score (nSPS) is 50.2. The number of likely N-dealkylation sites (N-methyl/N-ethyl adjacent to an activating group) is 1. The number of aliphatic hydroxyl groups is 1. The molecule has 5 heteroatoms. The van der Waals surface area contributed by atoms with Gasteiger partial charge in [0.2, 0.25) is 11.8 Å². The molecule has 2 spiro atoms. The van der Waals surface area contributed by atoms with Crippen molar-refractivity contribution in [2.24, 2.45) is 11.3 Å². The summed E-state index contributed by atoms with van der Waals surface area (Å²) in [6.07, 6.45) is 7.96. The quantitative estimate of drug-likeness (QED) is 0.581. The van der Waals surface area contributed by atoms with Crippen molar-refractivity contribution in [1.29, 1.82) is 0 Å². The number of nitrogens with one attached hydrogen (secondary N) is 1. The first-order valence-corrected chi connectivity index (χ1v) is 6.68. The molecule has 7 aliphatic rings. The molecule has 5 nitrogen and oxygen atoms in total. The molecule has 5 aliphatic heterocycles. The Hall–Kier alpha value is -1.62. The van der Waals surface area contributed by atoms with Crippen molar-refractivity contribution in [2.45, 2.75) is 30.5 Å². The minimum atomic E-state index is -1.03. The molecule has 2 aliphatic carbocycles. The molecule has 1 saturated heterocycles. The molecular weight excluding hydrogens is 244 g/mol. The Morgan fingerprint density at radius 1 is 1.37 bits per heavy atom. The number of hydrogen-bond donors (Lipinski definition) is 2. The van der Waals surface area contributed by atoms with Crippen LogP contribution in [0.25, 0.3) is 0 Å². The number of nitrogens with zero attached hydrogens (tertiary/aromatic N) is 1. The molecule has 19 heavy (non-hydrogen) atoms. The fourth-order valence-corrected chi connectivity index (χ4v) is 4.28. The second-order valence-corrected chi connectivity index (χ2v) is 6.03. The van der Waals surface area contributed by atoms with Gasteiger partial charge in [0.15, 0.2) is 0 Å². The van der Waals surface area contributed by atoms with Crippen molar-refractivity contribution in [3.63, 3.8) is 0 Å². The van der Waals surface area contributed by atoms with Crippen molar-refractivity contribution < 1.29 is 14.7 Å². The highest BCUT2D eigenvalue weighted by molar-refractivity contribution is 5.96. The van der Waals surface area contributed by atoms with Crippen LogP contribution in [0.1, 0.15) is 12.8 Å². The summed E-state index contributed by atoms with van der Waals surface area (Å²) in [6.45, 7) is 0. The van der Waals surface area contributed by atoms with Crippen LogP contribution in [0.2, 0.25) is 0 Å². The highest BCUT2D eigenvalue weighted by Crippen LogP contribution is 2.54. The molecule has 5 heterocycles. The molecule has 1 saturated carbocycles. The Bertz CT molecular complexity index is 555. The van der Waals surface area contributed by atoms with Gasteiger partial charge in [-0.1, -0.05) is 24.3 Å². The number of carbonyl (C=O) groups excluding carboxylic acids is 2. The van der Waals surface area contributed by atoms with Crippen molar-refractivity contribution in [3.8, 4) is 0 Å². The van der Waals surface area contributed by atoms with Crippen molar-refractivity contribution in [1.82, 2.24) is 10.2 Å². The van der Waals surface area contributed by atoms with Crippen molar-refractivity contribution in [3.05, 3.63) is 24.3 Å². The summed E-state index contributed by atoms with van der Waals surface area (Å²) in [5.74, 6) is -0.458. The van der Waals surface area contributed by atoms with E-state index in [0.717, 1.165) is 0 Å². The maximum atomic E-state index is 12.8. The molecule has 0 aromatic rings. The molecule has 100 valence electrons. The molecule has 2 N–H and O–H groups in total. The molecule has 4 bridgehead atoms. The highest BCUT2D eigenvalue weighted by Gasteiger charge is 2.68. The van der Waals surface area contributed by atoms with E-state index in [1.54, 1.807) is 11.9 Å². The maximum absolute atomic E-state index is 12.8. The summed E-state index contributed by atoms with van der Waals surface area (Å²) in [4.78, 5) is 26.7. The van der Waals surface area contributed by atoms with Gasteiger partial charge in [-0.05, 0) is 12.8 Å². The molecule has 0 unspecified atom stereocenters. The van der Waals surface area contributed by atoms with Gasteiger partial charge in [-0.15, -0.1) is 0 Å². The predicted octanol–water partition coefficient (Wildman–Crippen LogP) is -0.421. The van der Waals surface area contributed by atoms with Gasteiger partial charge in [0.1, 0.15) is 5.41 Å². The van der Waals surface area contributed by atoms with Crippen LogP contribution in [0.3, 0.4) is 0 Å². The molecular formula is C14H16N2O3. The van der Waals surface area contributed by atoms with E-state index >= 15 is 0 Å². The van der Waals surface area contributed by atoms with Gasteiger partial charge < -0.3 is 15.3 Å². The third-order valence-electron chi connectivity index (χ3n) is 5.36. The summed E-state index contributed by atoms with van der Waals surface area (Å²) in [6, 6.07) is -0.250. The second kappa shape index (κ2) is 3.10. The van der Waals surface area contributed by atoms with E-state index in [4.69, 9.17) is 0 Å². The second-order valence-electron chi connectivity index (χ2n) is 6.03. The van der Waals surface area contributed by atoms with E-state index < -0.39 is 17.1 Å². The van der Waals surface area contributed by atoms with Crippen LogP contribution in [0.4, 0.5) is 0 Å². The number of amides is 2. The average Bonchev–Trinajstić information content (AvgIpc) is 2.60. The summed E-state index contributed by atoms with van der Waals surface area (Å²) < 4.78 is 0. The van der Waals surface area contributed by atoms with Crippen LogP contribution in [-0.2, 0) is 9.59 Å².